The predicted octanol–water partition coefficient (Wildman–Crippen LogP) is -1.85. The van der Waals surface area contributed by atoms with Crippen LogP contribution in [-0.4, -0.2) is 45.2 Å². The summed E-state index contributed by atoms with van der Waals surface area (Å²) >= 11 is 0. The molecule has 0 fully saturated rings. The van der Waals surface area contributed by atoms with Crippen LogP contribution in [0, 0.1) is 0 Å². The SMILES string of the molecule is COCCCNC(=O)CNOCC(N)=O. The maximum Gasteiger partial charge on any atom is 0.245 e. The molecule has 7 heteroatoms. The highest BCUT2D eigenvalue weighted by atomic mass is 16.6. The second-order valence-electron chi connectivity index (χ2n) is 2.77. The van der Waals surface area contributed by atoms with E-state index in [1.165, 1.54) is 0 Å². The minimum absolute atomic E-state index is 0.0136. The first-order valence-corrected chi connectivity index (χ1v) is 4.55. The number of nitrogens with two attached hydrogens (primary N) is 1. The number of carbonyl (C=O) groups excluding carboxylic acids is 2. The van der Waals surface area contributed by atoms with Crippen LogP contribution in [0.4, 0.5) is 0 Å². The summed E-state index contributed by atoms with van der Waals surface area (Å²) in [4.78, 5) is 25.9. The van der Waals surface area contributed by atoms with Crippen LogP contribution < -0.4 is 16.5 Å². The Morgan fingerprint density at radius 3 is 2.73 bits per heavy atom. The molecule has 0 aromatic heterocycles. The number of primary amides is 1. The molecule has 0 saturated heterocycles. The molecule has 0 aliphatic carbocycles. The molecule has 0 aliphatic rings. The molecule has 15 heavy (non-hydrogen) atoms. The smallest absolute Gasteiger partial charge is 0.245 e. The van der Waals surface area contributed by atoms with Crippen molar-refractivity contribution in [3.63, 3.8) is 0 Å². The van der Waals surface area contributed by atoms with Crippen LogP contribution in [0.25, 0.3) is 0 Å². The van der Waals surface area contributed by atoms with Crippen LogP contribution >= 0.6 is 0 Å². The molecule has 88 valence electrons. The van der Waals surface area contributed by atoms with Crippen LogP contribution in [0.5, 0.6) is 0 Å². The summed E-state index contributed by atoms with van der Waals surface area (Å²) in [6, 6.07) is 0. The van der Waals surface area contributed by atoms with E-state index in [0.717, 1.165) is 6.42 Å². The summed E-state index contributed by atoms with van der Waals surface area (Å²) < 4.78 is 4.81. The lowest BCUT2D eigenvalue weighted by Crippen LogP contribution is -2.36. The third-order valence-corrected chi connectivity index (χ3v) is 1.40. The second-order valence-corrected chi connectivity index (χ2v) is 2.77. The van der Waals surface area contributed by atoms with Gasteiger partial charge in [-0.25, -0.2) is 0 Å². The zero-order chi connectivity index (χ0) is 11.5. The van der Waals surface area contributed by atoms with Gasteiger partial charge >= 0.3 is 0 Å². The van der Waals surface area contributed by atoms with Gasteiger partial charge in [-0.15, -0.1) is 0 Å². The fraction of sp³-hybridized carbons (Fsp3) is 0.750. The van der Waals surface area contributed by atoms with E-state index in [-0.39, 0.29) is 19.1 Å². The molecule has 0 spiro atoms. The average molecular weight is 219 g/mol. The highest BCUT2D eigenvalue weighted by Crippen LogP contribution is 1.77. The lowest BCUT2D eigenvalue weighted by molar-refractivity contribution is -0.129. The van der Waals surface area contributed by atoms with Crippen molar-refractivity contribution in [1.82, 2.24) is 10.8 Å². The highest BCUT2D eigenvalue weighted by molar-refractivity contribution is 5.78. The van der Waals surface area contributed by atoms with Crippen molar-refractivity contribution >= 4 is 11.8 Å². The molecule has 0 radical (unpaired) electrons. The fourth-order valence-corrected chi connectivity index (χ4v) is 0.746. The number of rotatable bonds is 9. The van der Waals surface area contributed by atoms with E-state index in [1.54, 1.807) is 7.11 Å². The number of nitrogens with one attached hydrogen (secondary N) is 2. The van der Waals surface area contributed by atoms with Crippen LogP contribution in [0.3, 0.4) is 0 Å². The van der Waals surface area contributed by atoms with Crippen molar-refractivity contribution in [2.24, 2.45) is 5.73 Å². The quantitative estimate of drug-likeness (QED) is 0.312. The number of ether oxygens (including phenoxy) is 1. The summed E-state index contributed by atoms with van der Waals surface area (Å²) in [7, 11) is 1.60. The fourth-order valence-electron chi connectivity index (χ4n) is 0.746. The van der Waals surface area contributed by atoms with Crippen molar-refractivity contribution in [2.45, 2.75) is 6.42 Å². The Morgan fingerprint density at radius 1 is 1.40 bits per heavy atom. The van der Waals surface area contributed by atoms with E-state index in [9.17, 15) is 9.59 Å². The minimum atomic E-state index is -0.594. The van der Waals surface area contributed by atoms with Crippen molar-refractivity contribution in [1.29, 1.82) is 0 Å². The van der Waals surface area contributed by atoms with E-state index in [1.807, 2.05) is 0 Å². The molecule has 4 N–H and O–H groups in total. The Hall–Kier alpha value is -1.18. The number of methoxy groups -OCH3 is 1. The van der Waals surface area contributed by atoms with Crippen molar-refractivity contribution in [3.05, 3.63) is 0 Å². The molecule has 0 saturated carbocycles. The van der Waals surface area contributed by atoms with Crippen LogP contribution in [0.1, 0.15) is 6.42 Å². The molecule has 2 amide bonds. The highest BCUT2D eigenvalue weighted by Gasteiger charge is 2.00. The summed E-state index contributed by atoms with van der Waals surface area (Å²) in [6.07, 6.45) is 0.754. The first-order chi connectivity index (χ1) is 7.16. The standard InChI is InChI=1S/C8H17N3O4/c1-14-4-2-3-10-8(13)5-11-15-6-7(9)12/h11H,2-6H2,1H3,(H2,9,12)(H,10,13). The van der Waals surface area contributed by atoms with Crippen molar-refractivity contribution < 1.29 is 19.2 Å². The van der Waals surface area contributed by atoms with E-state index in [0.29, 0.717) is 13.2 Å². The lowest BCUT2D eigenvalue weighted by atomic mass is 10.4. The molecule has 0 unspecified atom stereocenters. The Kier molecular flexibility index (Phi) is 8.64. The lowest BCUT2D eigenvalue weighted by Gasteiger charge is -2.05. The van der Waals surface area contributed by atoms with Crippen LogP contribution in [0.2, 0.25) is 0 Å². The van der Waals surface area contributed by atoms with E-state index in [4.69, 9.17) is 10.5 Å². The topological polar surface area (TPSA) is 103 Å². The molecule has 0 aliphatic heterocycles. The summed E-state index contributed by atoms with van der Waals surface area (Å²) in [6.45, 7) is 0.882. The van der Waals surface area contributed by atoms with Gasteiger partial charge in [0.15, 0.2) is 0 Å². The van der Waals surface area contributed by atoms with Crippen LogP contribution in [-0.2, 0) is 19.2 Å². The Labute approximate surface area is 88.2 Å². The zero-order valence-electron chi connectivity index (χ0n) is 8.75. The van der Waals surface area contributed by atoms with Gasteiger partial charge in [0.25, 0.3) is 0 Å². The minimum Gasteiger partial charge on any atom is -0.385 e. The molecular weight excluding hydrogens is 202 g/mol. The number of hydrogen-bond acceptors (Lipinski definition) is 5. The van der Waals surface area contributed by atoms with Gasteiger partial charge in [-0.05, 0) is 6.42 Å². The number of hydrogen-bond donors (Lipinski definition) is 3. The predicted molar refractivity (Wildman–Crippen MR) is 52.7 cm³/mol. The molecule has 7 nitrogen and oxygen atoms in total. The van der Waals surface area contributed by atoms with E-state index in [2.05, 4.69) is 15.6 Å². The Morgan fingerprint density at radius 2 is 2.13 bits per heavy atom. The molecule has 0 heterocycles. The third kappa shape index (κ3) is 10.7. The average Bonchev–Trinajstić information content (AvgIpc) is 2.19. The van der Waals surface area contributed by atoms with Gasteiger partial charge in [-0.2, -0.15) is 5.48 Å². The molecule has 0 atom stereocenters. The maximum atomic E-state index is 11.0. The van der Waals surface area contributed by atoms with Gasteiger partial charge in [0.2, 0.25) is 11.8 Å². The Balaban J connectivity index is 3.22. The van der Waals surface area contributed by atoms with Gasteiger partial charge in [0.1, 0.15) is 6.61 Å². The normalized spacial score (nSPS) is 9.93. The Bertz CT molecular complexity index is 198. The zero-order valence-corrected chi connectivity index (χ0v) is 8.75. The molecule has 0 aromatic rings. The summed E-state index contributed by atoms with van der Waals surface area (Å²) in [5.74, 6) is -0.807. The second kappa shape index (κ2) is 9.38. The van der Waals surface area contributed by atoms with Crippen molar-refractivity contribution in [3.8, 4) is 0 Å². The number of carbonyl (C=O) groups is 2. The number of amides is 2. The van der Waals surface area contributed by atoms with Gasteiger partial charge in [-0.1, -0.05) is 0 Å². The van der Waals surface area contributed by atoms with Crippen LogP contribution in [0.15, 0.2) is 0 Å². The van der Waals surface area contributed by atoms with Crippen molar-refractivity contribution in [2.75, 3.05) is 33.4 Å². The monoisotopic (exact) mass is 219 g/mol. The number of hydroxylamine groups is 1. The van der Waals surface area contributed by atoms with E-state index >= 15 is 0 Å². The van der Waals surface area contributed by atoms with Gasteiger partial charge in [0, 0.05) is 20.3 Å². The first kappa shape index (κ1) is 13.8. The first-order valence-electron chi connectivity index (χ1n) is 4.55. The molecule has 0 bridgehead atoms. The van der Waals surface area contributed by atoms with E-state index < -0.39 is 5.91 Å². The van der Waals surface area contributed by atoms with Gasteiger partial charge in [-0.3, -0.25) is 14.4 Å². The molecule has 0 rings (SSSR count). The largest absolute Gasteiger partial charge is 0.385 e. The third-order valence-electron chi connectivity index (χ3n) is 1.40. The maximum absolute atomic E-state index is 11.0. The molecule has 0 aromatic carbocycles. The summed E-state index contributed by atoms with van der Waals surface area (Å²) in [5, 5.41) is 2.63. The summed E-state index contributed by atoms with van der Waals surface area (Å²) in [5.41, 5.74) is 7.12. The van der Waals surface area contributed by atoms with Gasteiger partial charge < -0.3 is 15.8 Å². The molecular formula is C8H17N3O4. The van der Waals surface area contributed by atoms with Gasteiger partial charge in [0.05, 0.1) is 6.54 Å².